The molecule has 1 aromatic carbocycles. The lowest BCUT2D eigenvalue weighted by molar-refractivity contribution is 0.454. The summed E-state index contributed by atoms with van der Waals surface area (Å²) in [6.45, 7) is 0.508. The minimum atomic E-state index is -0.501. The van der Waals surface area contributed by atoms with Crippen LogP contribution in [0.4, 0.5) is 5.95 Å². The van der Waals surface area contributed by atoms with Crippen molar-refractivity contribution < 1.29 is 5.11 Å². The van der Waals surface area contributed by atoms with Gasteiger partial charge in [-0.25, -0.2) is 9.79 Å². The highest BCUT2D eigenvalue weighted by Gasteiger charge is 2.21. The molecule has 5 aromatic rings. The Morgan fingerprint density at radius 1 is 1.24 bits per heavy atom. The van der Waals surface area contributed by atoms with Gasteiger partial charge in [0.15, 0.2) is 5.65 Å². The molecule has 170 valence electrons. The van der Waals surface area contributed by atoms with Gasteiger partial charge in [-0.3, -0.25) is 4.98 Å². The number of aromatic hydroxyl groups is 1. The first-order valence-corrected chi connectivity index (χ1v) is 11.4. The molecule has 0 amide bonds. The monoisotopic (exact) mass is 474 g/mol. The number of anilines is 1. The SMILES string of the molecule is O=c1[nH]c(O)c(C=c2cnn3c(=NC4CC4)nc(NCc4ccc(-c5csnn5)cc4)nc23)[nH]1. The molecular weight excluding hydrogens is 456 g/mol. The van der Waals surface area contributed by atoms with Crippen molar-refractivity contribution in [1.29, 1.82) is 0 Å². The molecule has 4 aromatic heterocycles. The van der Waals surface area contributed by atoms with Crippen LogP contribution in [0.15, 0.2) is 45.6 Å². The lowest BCUT2D eigenvalue weighted by Crippen LogP contribution is -2.24. The number of benzene rings is 1. The molecule has 0 radical (unpaired) electrons. The Labute approximate surface area is 194 Å². The van der Waals surface area contributed by atoms with Crippen molar-refractivity contribution in [2.45, 2.75) is 25.4 Å². The second-order valence-electron chi connectivity index (χ2n) is 7.87. The molecule has 1 aliphatic rings. The van der Waals surface area contributed by atoms with Gasteiger partial charge in [0.05, 0.1) is 12.2 Å². The van der Waals surface area contributed by atoms with E-state index in [1.807, 2.05) is 29.6 Å². The van der Waals surface area contributed by atoms with Crippen molar-refractivity contribution in [3.8, 4) is 17.1 Å². The molecule has 0 saturated heterocycles. The molecule has 0 atom stereocenters. The fourth-order valence-corrected chi connectivity index (χ4v) is 3.89. The second-order valence-corrected chi connectivity index (χ2v) is 8.48. The highest BCUT2D eigenvalue weighted by Crippen LogP contribution is 2.22. The van der Waals surface area contributed by atoms with E-state index in [-0.39, 0.29) is 17.6 Å². The number of hydrogen-bond acceptors (Lipinski definition) is 10. The van der Waals surface area contributed by atoms with E-state index < -0.39 is 5.69 Å². The van der Waals surface area contributed by atoms with Crippen LogP contribution in [0.2, 0.25) is 0 Å². The van der Waals surface area contributed by atoms with Gasteiger partial charge in [0.2, 0.25) is 11.8 Å². The number of H-pyrrole nitrogens is 2. The molecule has 12 nitrogen and oxygen atoms in total. The Morgan fingerprint density at radius 3 is 2.79 bits per heavy atom. The summed E-state index contributed by atoms with van der Waals surface area (Å²) >= 11 is 1.32. The number of nitrogens with zero attached hydrogens (tertiary/aromatic N) is 7. The van der Waals surface area contributed by atoms with E-state index in [1.165, 1.54) is 11.5 Å². The molecule has 6 rings (SSSR count). The van der Waals surface area contributed by atoms with Crippen LogP contribution in [0.5, 0.6) is 5.88 Å². The van der Waals surface area contributed by atoms with Crippen LogP contribution in [-0.2, 0) is 6.54 Å². The van der Waals surface area contributed by atoms with Gasteiger partial charge >= 0.3 is 5.69 Å². The average molecular weight is 475 g/mol. The van der Waals surface area contributed by atoms with E-state index in [0.29, 0.717) is 29.0 Å². The summed E-state index contributed by atoms with van der Waals surface area (Å²) in [5.41, 5.74) is 3.60. The van der Waals surface area contributed by atoms with Gasteiger partial charge in [0.1, 0.15) is 11.4 Å². The zero-order valence-electron chi connectivity index (χ0n) is 17.6. The topological polar surface area (TPSA) is 162 Å². The Morgan fingerprint density at radius 2 is 2.09 bits per heavy atom. The fraction of sp³-hybridized carbons (Fsp3) is 0.190. The fourth-order valence-electron chi connectivity index (χ4n) is 3.42. The lowest BCUT2D eigenvalue weighted by Gasteiger charge is -2.06. The van der Waals surface area contributed by atoms with Crippen molar-refractivity contribution in [3.05, 3.63) is 68.4 Å². The predicted molar refractivity (Wildman–Crippen MR) is 124 cm³/mol. The number of imidazole rings is 1. The van der Waals surface area contributed by atoms with E-state index in [9.17, 15) is 9.90 Å². The van der Waals surface area contributed by atoms with Crippen molar-refractivity contribution in [3.63, 3.8) is 0 Å². The number of nitrogens with one attached hydrogen (secondary N) is 3. The zero-order chi connectivity index (χ0) is 23.1. The highest BCUT2D eigenvalue weighted by atomic mass is 32.1. The van der Waals surface area contributed by atoms with Crippen molar-refractivity contribution in [1.82, 2.24) is 39.1 Å². The average Bonchev–Trinajstić information content (AvgIpc) is 3.20. The maximum absolute atomic E-state index is 11.5. The molecule has 13 heteroatoms. The molecule has 0 aliphatic heterocycles. The molecule has 4 heterocycles. The number of fused-ring (bicyclic) bond motifs is 1. The van der Waals surface area contributed by atoms with E-state index >= 15 is 0 Å². The van der Waals surface area contributed by atoms with Crippen LogP contribution < -0.4 is 21.8 Å². The summed E-state index contributed by atoms with van der Waals surface area (Å²) in [5, 5.41) is 24.1. The molecule has 1 aliphatic carbocycles. The molecular formula is C21H18N10O2S. The Balaban J connectivity index is 1.34. The first-order chi connectivity index (χ1) is 16.6. The molecule has 1 fully saturated rings. The largest absolute Gasteiger partial charge is 0.493 e. The Kier molecular flexibility index (Phi) is 4.87. The summed E-state index contributed by atoms with van der Waals surface area (Å²) in [6, 6.07) is 8.26. The van der Waals surface area contributed by atoms with Crippen LogP contribution in [0.1, 0.15) is 24.1 Å². The third-order valence-electron chi connectivity index (χ3n) is 5.32. The summed E-state index contributed by atoms with van der Waals surface area (Å²) in [7, 11) is 0. The van der Waals surface area contributed by atoms with Gasteiger partial charge in [0.25, 0.3) is 5.62 Å². The van der Waals surface area contributed by atoms with Gasteiger partial charge in [-0.15, -0.1) is 5.10 Å². The summed E-state index contributed by atoms with van der Waals surface area (Å²) < 4.78 is 5.46. The summed E-state index contributed by atoms with van der Waals surface area (Å²) in [5.74, 6) is 0.151. The maximum atomic E-state index is 11.5. The van der Waals surface area contributed by atoms with E-state index in [0.717, 1.165) is 29.7 Å². The first kappa shape index (κ1) is 20.2. The summed E-state index contributed by atoms with van der Waals surface area (Å²) in [6.07, 6.45) is 5.23. The van der Waals surface area contributed by atoms with Crippen molar-refractivity contribution in [2.24, 2.45) is 4.99 Å². The number of hydrogen-bond donors (Lipinski definition) is 4. The first-order valence-electron chi connectivity index (χ1n) is 10.6. The minimum Gasteiger partial charge on any atom is -0.493 e. The smallest absolute Gasteiger partial charge is 0.326 e. The van der Waals surface area contributed by atoms with Gasteiger partial charge < -0.3 is 15.4 Å². The van der Waals surface area contributed by atoms with Crippen LogP contribution >= 0.6 is 11.5 Å². The van der Waals surface area contributed by atoms with E-state index in [1.54, 1.807) is 16.8 Å². The molecule has 4 N–H and O–H groups in total. The predicted octanol–water partition coefficient (Wildman–Crippen LogP) is 0.588. The van der Waals surface area contributed by atoms with Crippen LogP contribution in [-0.4, -0.2) is 50.3 Å². The van der Waals surface area contributed by atoms with E-state index in [2.05, 4.69) is 44.9 Å². The molecule has 34 heavy (non-hydrogen) atoms. The quantitative estimate of drug-likeness (QED) is 0.278. The van der Waals surface area contributed by atoms with Crippen molar-refractivity contribution in [2.75, 3.05) is 5.32 Å². The highest BCUT2D eigenvalue weighted by molar-refractivity contribution is 7.03. The summed E-state index contributed by atoms with van der Waals surface area (Å²) in [4.78, 5) is 30.2. The van der Waals surface area contributed by atoms with Crippen LogP contribution in [0, 0.1) is 0 Å². The minimum absolute atomic E-state index is 0.236. The van der Waals surface area contributed by atoms with Crippen LogP contribution in [0.3, 0.4) is 0 Å². The third-order valence-corrected chi connectivity index (χ3v) is 5.82. The standard InChI is InChI=1S/C21H18N10O2S/c32-18-15(25-21(33)27-18)7-13-9-23-31-17(13)26-19(28-20(31)24-14-5-6-14)22-8-11-1-3-12(4-2-11)16-10-34-30-29-16/h1-4,7,9-10,14,32H,5-6,8H2,(H,22,24,28)(H2,25,27,33). The van der Waals surface area contributed by atoms with Gasteiger partial charge in [0, 0.05) is 22.7 Å². The molecule has 0 spiro atoms. The second kappa shape index (κ2) is 8.19. The Hall–Kier alpha value is -4.39. The van der Waals surface area contributed by atoms with E-state index in [4.69, 9.17) is 0 Å². The number of aromatic amines is 2. The maximum Gasteiger partial charge on any atom is 0.326 e. The third kappa shape index (κ3) is 4.03. The van der Waals surface area contributed by atoms with Gasteiger partial charge in [-0.1, -0.05) is 28.8 Å². The lowest BCUT2D eigenvalue weighted by atomic mass is 10.1. The Bertz CT molecular complexity index is 1650. The number of rotatable bonds is 6. The molecule has 0 bridgehead atoms. The number of aromatic nitrogens is 8. The van der Waals surface area contributed by atoms with Crippen molar-refractivity contribution >= 4 is 29.2 Å². The zero-order valence-corrected chi connectivity index (χ0v) is 18.5. The molecule has 0 unspecified atom stereocenters. The normalized spacial score (nSPS) is 14.8. The molecule has 1 saturated carbocycles. The van der Waals surface area contributed by atoms with Gasteiger partial charge in [-0.05, 0) is 36.0 Å². The van der Waals surface area contributed by atoms with Crippen LogP contribution in [0.25, 0.3) is 23.0 Å². The van der Waals surface area contributed by atoms with Gasteiger partial charge in [-0.2, -0.15) is 19.6 Å².